The van der Waals surface area contributed by atoms with Crippen LogP contribution < -0.4 is 10.6 Å². The van der Waals surface area contributed by atoms with Crippen LogP contribution in [0.15, 0.2) is 76.3 Å². The molecule has 0 aliphatic rings. The Morgan fingerprint density at radius 1 is 1.00 bits per heavy atom. The predicted octanol–water partition coefficient (Wildman–Crippen LogP) is 4.21. The van der Waals surface area contributed by atoms with Crippen LogP contribution in [-0.4, -0.2) is 17.5 Å². The summed E-state index contributed by atoms with van der Waals surface area (Å²) >= 11 is 0. The highest BCUT2D eigenvalue weighted by Crippen LogP contribution is 2.17. The molecule has 6 heteroatoms. The molecule has 0 unspecified atom stereocenters. The van der Waals surface area contributed by atoms with E-state index in [-0.39, 0.29) is 24.0 Å². The maximum Gasteiger partial charge on any atom is 0.226 e. The number of rotatable bonds is 6. The molecular formula is C20H23IN4O. The second-order valence-corrected chi connectivity index (χ2v) is 5.54. The zero-order valence-corrected chi connectivity index (χ0v) is 17.0. The van der Waals surface area contributed by atoms with E-state index in [4.69, 9.17) is 4.42 Å². The molecule has 3 aromatic rings. The minimum atomic E-state index is 0. The molecule has 5 nitrogen and oxygen atoms in total. The van der Waals surface area contributed by atoms with E-state index >= 15 is 0 Å². The highest BCUT2D eigenvalue weighted by atomic mass is 127. The average molecular weight is 462 g/mol. The van der Waals surface area contributed by atoms with Crippen LogP contribution in [0.25, 0.3) is 11.5 Å². The van der Waals surface area contributed by atoms with Crippen molar-refractivity contribution in [2.24, 2.45) is 4.99 Å². The molecule has 0 aliphatic carbocycles. The van der Waals surface area contributed by atoms with E-state index in [1.165, 1.54) is 5.56 Å². The highest BCUT2D eigenvalue weighted by molar-refractivity contribution is 14.0. The first kappa shape index (κ1) is 20.0. The van der Waals surface area contributed by atoms with Crippen LogP contribution in [0.2, 0.25) is 0 Å². The number of aliphatic imine (C=N–C) groups is 1. The number of hydrogen-bond donors (Lipinski definition) is 2. The van der Waals surface area contributed by atoms with E-state index in [2.05, 4.69) is 32.7 Å². The maximum atomic E-state index is 5.56. The van der Waals surface area contributed by atoms with E-state index in [9.17, 15) is 0 Å². The fraction of sp³-hybridized carbons (Fsp3) is 0.200. The van der Waals surface area contributed by atoms with Gasteiger partial charge in [-0.3, -0.25) is 0 Å². The number of halogens is 1. The molecule has 0 saturated heterocycles. The third-order valence-electron chi connectivity index (χ3n) is 3.62. The summed E-state index contributed by atoms with van der Waals surface area (Å²) < 4.78 is 5.56. The Morgan fingerprint density at radius 2 is 1.69 bits per heavy atom. The lowest BCUT2D eigenvalue weighted by Gasteiger charge is -2.09. The van der Waals surface area contributed by atoms with Gasteiger partial charge in [-0.1, -0.05) is 48.5 Å². The summed E-state index contributed by atoms with van der Waals surface area (Å²) in [6, 6.07) is 20.0. The smallest absolute Gasteiger partial charge is 0.226 e. The predicted molar refractivity (Wildman–Crippen MR) is 115 cm³/mol. The Morgan fingerprint density at radius 3 is 2.38 bits per heavy atom. The summed E-state index contributed by atoms with van der Waals surface area (Å²) in [6.45, 7) is 4.03. The summed E-state index contributed by atoms with van der Waals surface area (Å²) in [6.07, 6.45) is 1.68. The van der Waals surface area contributed by atoms with Crippen LogP contribution in [0, 0.1) is 0 Å². The first-order valence-electron chi connectivity index (χ1n) is 8.41. The summed E-state index contributed by atoms with van der Waals surface area (Å²) in [4.78, 5) is 9.12. The Labute approximate surface area is 171 Å². The standard InChI is InChI=1S/C20H22N4O.HI/c1-2-21-20(22-13-16-9-5-3-6-10-16)23-14-18-15-25-19(24-18)17-11-7-4-8-12-17;/h3-12,15H,2,13-14H2,1H3,(H2,21,22,23);1H. The zero-order chi connectivity index (χ0) is 17.3. The van der Waals surface area contributed by atoms with Gasteiger partial charge < -0.3 is 15.1 Å². The normalized spacial score (nSPS) is 10.9. The monoisotopic (exact) mass is 462 g/mol. The molecular weight excluding hydrogens is 439 g/mol. The van der Waals surface area contributed by atoms with Gasteiger partial charge in [-0.2, -0.15) is 0 Å². The Bertz CT molecular complexity index is 803. The van der Waals surface area contributed by atoms with Crippen molar-refractivity contribution in [2.75, 3.05) is 6.54 Å². The molecule has 0 radical (unpaired) electrons. The van der Waals surface area contributed by atoms with Crippen molar-refractivity contribution >= 4 is 29.9 Å². The number of benzene rings is 2. The molecule has 0 bridgehead atoms. The second kappa shape index (κ2) is 10.6. The molecule has 3 rings (SSSR count). The molecule has 0 fully saturated rings. The summed E-state index contributed by atoms with van der Waals surface area (Å²) in [7, 11) is 0. The lowest BCUT2D eigenvalue weighted by atomic mass is 10.2. The average Bonchev–Trinajstić information content (AvgIpc) is 3.15. The van der Waals surface area contributed by atoms with E-state index in [1.807, 2.05) is 55.5 Å². The molecule has 1 heterocycles. The van der Waals surface area contributed by atoms with Gasteiger partial charge in [-0.15, -0.1) is 24.0 Å². The maximum absolute atomic E-state index is 5.56. The van der Waals surface area contributed by atoms with Crippen molar-refractivity contribution in [1.82, 2.24) is 15.6 Å². The van der Waals surface area contributed by atoms with E-state index < -0.39 is 0 Å². The Hall–Kier alpha value is -2.35. The van der Waals surface area contributed by atoms with Gasteiger partial charge >= 0.3 is 0 Å². The lowest BCUT2D eigenvalue weighted by molar-refractivity contribution is 0.572. The summed E-state index contributed by atoms with van der Waals surface area (Å²) in [5.41, 5.74) is 2.98. The van der Waals surface area contributed by atoms with Crippen molar-refractivity contribution in [2.45, 2.75) is 20.0 Å². The zero-order valence-electron chi connectivity index (χ0n) is 14.7. The van der Waals surface area contributed by atoms with E-state index in [0.29, 0.717) is 19.0 Å². The molecule has 26 heavy (non-hydrogen) atoms. The minimum absolute atomic E-state index is 0. The molecule has 2 N–H and O–H groups in total. The van der Waals surface area contributed by atoms with Gasteiger partial charge in [-0.05, 0) is 24.6 Å². The van der Waals surface area contributed by atoms with Gasteiger partial charge in [0.05, 0.1) is 18.8 Å². The van der Waals surface area contributed by atoms with Crippen molar-refractivity contribution in [1.29, 1.82) is 0 Å². The van der Waals surface area contributed by atoms with Crippen LogP contribution in [-0.2, 0) is 13.1 Å². The van der Waals surface area contributed by atoms with Crippen LogP contribution in [0.4, 0.5) is 0 Å². The van der Waals surface area contributed by atoms with Crippen LogP contribution in [0.3, 0.4) is 0 Å². The third-order valence-corrected chi connectivity index (χ3v) is 3.62. The molecule has 0 saturated carbocycles. The van der Waals surface area contributed by atoms with Gasteiger partial charge in [0.1, 0.15) is 6.26 Å². The van der Waals surface area contributed by atoms with E-state index in [1.54, 1.807) is 6.26 Å². The minimum Gasteiger partial charge on any atom is -0.444 e. The lowest BCUT2D eigenvalue weighted by Crippen LogP contribution is -2.36. The molecule has 1 aromatic heterocycles. The fourth-order valence-electron chi connectivity index (χ4n) is 2.37. The molecule has 2 aromatic carbocycles. The summed E-state index contributed by atoms with van der Waals surface area (Å²) in [5.74, 6) is 1.39. The van der Waals surface area contributed by atoms with Crippen LogP contribution in [0.5, 0.6) is 0 Å². The number of nitrogens with one attached hydrogen (secondary N) is 2. The van der Waals surface area contributed by atoms with Crippen molar-refractivity contribution < 1.29 is 4.42 Å². The van der Waals surface area contributed by atoms with Gasteiger partial charge in [0, 0.05) is 12.1 Å². The second-order valence-electron chi connectivity index (χ2n) is 5.54. The number of guanidine groups is 1. The van der Waals surface area contributed by atoms with Crippen molar-refractivity contribution in [3.63, 3.8) is 0 Å². The Kier molecular flexibility index (Phi) is 8.14. The van der Waals surface area contributed by atoms with Crippen LogP contribution in [0.1, 0.15) is 18.2 Å². The number of oxazole rings is 1. The van der Waals surface area contributed by atoms with Crippen molar-refractivity contribution in [3.05, 3.63) is 78.2 Å². The van der Waals surface area contributed by atoms with Gasteiger partial charge in [0.25, 0.3) is 0 Å². The molecule has 136 valence electrons. The SMILES string of the molecule is CCNC(=NCc1ccccc1)NCc1coc(-c2ccccc2)n1.I. The quantitative estimate of drug-likeness (QED) is 0.327. The van der Waals surface area contributed by atoms with Crippen LogP contribution >= 0.6 is 24.0 Å². The first-order valence-corrected chi connectivity index (χ1v) is 8.41. The molecule has 0 spiro atoms. The molecule has 0 amide bonds. The topological polar surface area (TPSA) is 62.5 Å². The van der Waals surface area contributed by atoms with Gasteiger partial charge in [-0.25, -0.2) is 9.98 Å². The van der Waals surface area contributed by atoms with E-state index in [0.717, 1.165) is 23.8 Å². The first-order chi connectivity index (χ1) is 12.3. The number of hydrogen-bond acceptors (Lipinski definition) is 3. The number of nitrogens with zero attached hydrogens (tertiary/aromatic N) is 2. The van der Waals surface area contributed by atoms with Gasteiger partial charge in [0.2, 0.25) is 5.89 Å². The molecule has 0 atom stereocenters. The molecule has 0 aliphatic heterocycles. The number of aromatic nitrogens is 1. The Balaban J connectivity index is 0.00000243. The van der Waals surface area contributed by atoms with Crippen molar-refractivity contribution in [3.8, 4) is 11.5 Å². The summed E-state index contributed by atoms with van der Waals surface area (Å²) in [5, 5.41) is 6.53. The van der Waals surface area contributed by atoms with Gasteiger partial charge in [0.15, 0.2) is 5.96 Å². The third kappa shape index (κ3) is 5.87. The largest absolute Gasteiger partial charge is 0.444 e. The highest BCUT2D eigenvalue weighted by Gasteiger charge is 2.07. The fourth-order valence-corrected chi connectivity index (χ4v) is 2.37.